The van der Waals surface area contributed by atoms with Crippen LogP contribution in [0.4, 0.5) is 5.69 Å². The van der Waals surface area contributed by atoms with Crippen molar-refractivity contribution in [2.75, 3.05) is 30.9 Å². The van der Waals surface area contributed by atoms with Crippen LogP contribution in [-0.2, 0) is 14.8 Å². The number of hydrogen-bond acceptors (Lipinski definition) is 8. The summed E-state index contributed by atoms with van der Waals surface area (Å²) in [5.74, 6) is -0.625. The molecular weight excluding hydrogens is 488 g/mol. The lowest BCUT2D eigenvalue weighted by Crippen LogP contribution is -2.50. The minimum atomic E-state index is -3.90. The Morgan fingerprint density at radius 1 is 1.00 bits per heavy atom. The van der Waals surface area contributed by atoms with Crippen molar-refractivity contribution in [1.82, 2.24) is 14.8 Å². The van der Waals surface area contributed by atoms with Gasteiger partial charge in [-0.25, -0.2) is 13.9 Å². The van der Waals surface area contributed by atoms with Crippen molar-refractivity contribution in [3.63, 3.8) is 0 Å². The first-order chi connectivity index (χ1) is 16.8. The van der Waals surface area contributed by atoms with Gasteiger partial charge in [0.05, 0.1) is 5.52 Å². The maximum atomic E-state index is 13.0. The zero-order valence-electron chi connectivity index (χ0n) is 18.5. The monoisotopic (exact) mass is 510 g/mol. The van der Waals surface area contributed by atoms with Gasteiger partial charge < -0.3 is 9.80 Å². The van der Waals surface area contributed by atoms with Crippen molar-refractivity contribution in [3.8, 4) is 0 Å². The number of aromatic nitrogens is 1. The number of sulfonamides is 1. The number of nitrogens with one attached hydrogen (secondary N) is 2. The smallest absolute Gasteiger partial charge is 0.274 e. The van der Waals surface area contributed by atoms with E-state index in [1.54, 1.807) is 41.3 Å². The minimum Gasteiger partial charge on any atom is -0.335 e. The summed E-state index contributed by atoms with van der Waals surface area (Å²) in [5.41, 5.74) is 8.06. The molecule has 10 nitrogen and oxygen atoms in total. The maximum Gasteiger partial charge on any atom is 0.274 e. The van der Waals surface area contributed by atoms with Crippen molar-refractivity contribution in [2.45, 2.75) is 4.90 Å². The fraction of sp³-hybridized carbons (Fsp3) is 0.174. The average Bonchev–Trinajstić information content (AvgIpc) is 2.89. The van der Waals surface area contributed by atoms with Crippen LogP contribution in [0.15, 0.2) is 81.9 Å². The number of amides is 2. The number of piperazine rings is 1. The van der Waals surface area contributed by atoms with Crippen molar-refractivity contribution < 1.29 is 18.0 Å². The zero-order valence-corrected chi connectivity index (χ0v) is 20.2. The summed E-state index contributed by atoms with van der Waals surface area (Å²) in [6.45, 7) is 1.26. The van der Waals surface area contributed by atoms with Gasteiger partial charge in [-0.05, 0) is 36.4 Å². The Balaban J connectivity index is 1.42. The number of fused-ring (bicyclic) bond motifs is 1. The highest BCUT2D eigenvalue weighted by molar-refractivity contribution is 7.93. The average molecular weight is 511 g/mol. The van der Waals surface area contributed by atoms with Crippen LogP contribution < -0.4 is 4.72 Å². The molecule has 2 N–H and O–H groups in total. The second kappa shape index (κ2) is 10.2. The number of nitrogens with zero attached hydrogens (tertiary/aromatic N) is 4. The molecule has 2 aromatic carbocycles. The Morgan fingerprint density at radius 3 is 2.31 bits per heavy atom. The number of rotatable bonds is 6. The summed E-state index contributed by atoms with van der Waals surface area (Å²) in [4.78, 5) is 32.6. The summed E-state index contributed by atoms with van der Waals surface area (Å²) in [6, 6.07) is 14.6. The van der Waals surface area contributed by atoms with Crippen molar-refractivity contribution >= 4 is 51.1 Å². The van der Waals surface area contributed by atoms with E-state index in [2.05, 4.69) is 27.4 Å². The Hall–Kier alpha value is -3.77. The second-order valence-electron chi connectivity index (χ2n) is 7.72. The molecule has 1 aliphatic rings. The van der Waals surface area contributed by atoms with Gasteiger partial charge in [0, 0.05) is 54.4 Å². The Morgan fingerprint density at radius 2 is 1.66 bits per heavy atom. The molecule has 12 heteroatoms. The number of carbonyl (C=O) groups is 2. The molecule has 0 radical (unpaired) electrons. The van der Waals surface area contributed by atoms with Gasteiger partial charge in [0.25, 0.3) is 21.8 Å². The first-order valence-corrected chi connectivity index (χ1v) is 12.6. The molecule has 0 spiro atoms. The molecule has 0 bridgehead atoms. The van der Waals surface area contributed by atoms with Crippen LogP contribution in [0, 0.1) is 5.53 Å². The lowest BCUT2D eigenvalue weighted by Gasteiger charge is -2.34. The SMILES string of the molecule is N=N/C(=C\S)C(=O)N1CCN(C(=O)c2ccc(NS(=O)(=O)c3cccc4cccnc34)cc2)CC1. The molecular formula is C23H22N6O4S2. The Bertz CT molecular complexity index is 1410. The summed E-state index contributed by atoms with van der Waals surface area (Å²) >= 11 is 3.89. The van der Waals surface area contributed by atoms with Crippen LogP contribution in [0.1, 0.15) is 10.4 Å². The highest BCUT2D eigenvalue weighted by atomic mass is 32.2. The molecule has 1 aliphatic heterocycles. The normalized spacial score (nSPS) is 14.6. The van der Waals surface area contributed by atoms with E-state index in [-0.39, 0.29) is 16.5 Å². The van der Waals surface area contributed by atoms with E-state index < -0.39 is 15.9 Å². The zero-order chi connectivity index (χ0) is 25.0. The lowest BCUT2D eigenvalue weighted by molar-refractivity contribution is -0.128. The third-order valence-corrected chi connectivity index (χ3v) is 7.24. The van der Waals surface area contributed by atoms with Crippen molar-refractivity contribution in [1.29, 1.82) is 5.53 Å². The predicted octanol–water partition coefficient (Wildman–Crippen LogP) is 3.12. The molecule has 0 saturated carbocycles. The number of anilines is 1. The molecule has 0 atom stereocenters. The van der Waals surface area contributed by atoms with Gasteiger partial charge >= 0.3 is 0 Å². The quantitative estimate of drug-likeness (QED) is 0.266. The molecule has 180 valence electrons. The van der Waals surface area contributed by atoms with Gasteiger partial charge in [-0.15, -0.1) is 12.6 Å². The molecule has 0 aliphatic carbocycles. The molecule has 0 unspecified atom stereocenters. The van der Waals surface area contributed by atoms with E-state index >= 15 is 0 Å². The highest BCUT2D eigenvalue weighted by Crippen LogP contribution is 2.23. The van der Waals surface area contributed by atoms with E-state index in [0.717, 1.165) is 0 Å². The molecule has 2 amide bonds. The third-order valence-electron chi connectivity index (χ3n) is 5.59. The van der Waals surface area contributed by atoms with Crippen LogP contribution in [0.25, 0.3) is 10.9 Å². The second-order valence-corrected chi connectivity index (χ2v) is 9.63. The highest BCUT2D eigenvalue weighted by Gasteiger charge is 2.26. The van der Waals surface area contributed by atoms with Crippen LogP contribution in [-0.4, -0.2) is 61.2 Å². The number of hydrogen-bond donors (Lipinski definition) is 3. The number of thiol groups is 1. The van der Waals surface area contributed by atoms with Gasteiger partial charge in [0.2, 0.25) is 0 Å². The summed E-state index contributed by atoms with van der Waals surface area (Å²) in [5, 5.41) is 5.05. The predicted molar refractivity (Wildman–Crippen MR) is 134 cm³/mol. The van der Waals surface area contributed by atoms with E-state index in [1.165, 1.54) is 34.7 Å². The van der Waals surface area contributed by atoms with E-state index in [9.17, 15) is 18.0 Å². The molecule has 1 aromatic heterocycles. The third kappa shape index (κ3) is 5.17. The summed E-state index contributed by atoms with van der Waals surface area (Å²) in [6.07, 6.45) is 1.54. The van der Waals surface area contributed by atoms with E-state index in [0.29, 0.717) is 48.3 Å². The van der Waals surface area contributed by atoms with Gasteiger partial charge in [-0.1, -0.05) is 18.2 Å². The van der Waals surface area contributed by atoms with E-state index in [1.807, 2.05) is 0 Å². The molecule has 3 aromatic rings. The van der Waals surface area contributed by atoms with Gasteiger partial charge in [-0.3, -0.25) is 19.3 Å². The first-order valence-electron chi connectivity index (χ1n) is 10.6. The molecule has 1 fully saturated rings. The van der Waals surface area contributed by atoms with E-state index in [4.69, 9.17) is 5.53 Å². The summed E-state index contributed by atoms with van der Waals surface area (Å²) in [7, 11) is -3.90. The number of carbonyl (C=O) groups excluding carboxylic acids is 2. The number of para-hydroxylation sites is 1. The Kier molecular flexibility index (Phi) is 7.12. The standard InChI is InChI=1S/C23H22N6O4S2/c24-26-19(15-34)23(31)29-13-11-28(12-14-29)22(30)17-6-8-18(9-7-17)27-35(32,33)20-5-1-3-16-4-2-10-25-21(16)20/h1-10,15,24,27,34H,11-14H2/b19-15-,26-24?. The minimum absolute atomic E-state index is 0.0644. The lowest BCUT2D eigenvalue weighted by atomic mass is 10.1. The van der Waals surface area contributed by atoms with Crippen molar-refractivity contribution in [3.05, 3.63) is 77.5 Å². The molecule has 2 heterocycles. The van der Waals surface area contributed by atoms with Gasteiger partial charge in [0.15, 0.2) is 5.70 Å². The van der Waals surface area contributed by atoms with Crippen molar-refractivity contribution in [2.24, 2.45) is 5.11 Å². The fourth-order valence-electron chi connectivity index (χ4n) is 3.77. The van der Waals surface area contributed by atoms with Crippen LogP contribution in [0.2, 0.25) is 0 Å². The topological polar surface area (TPSA) is 136 Å². The van der Waals surface area contributed by atoms with Crippen LogP contribution in [0.5, 0.6) is 0 Å². The van der Waals surface area contributed by atoms with Gasteiger partial charge in [-0.2, -0.15) is 5.11 Å². The number of pyridine rings is 1. The molecule has 35 heavy (non-hydrogen) atoms. The van der Waals surface area contributed by atoms with Gasteiger partial charge in [0.1, 0.15) is 4.90 Å². The fourth-order valence-corrected chi connectivity index (χ4v) is 5.18. The van der Waals surface area contributed by atoms with Crippen LogP contribution in [0.3, 0.4) is 0 Å². The Labute approximate surface area is 207 Å². The number of benzene rings is 2. The summed E-state index contributed by atoms with van der Waals surface area (Å²) < 4.78 is 28.5. The molecule has 4 rings (SSSR count). The maximum absolute atomic E-state index is 13.0. The molecule has 1 saturated heterocycles. The first kappa shape index (κ1) is 24.4. The van der Waals surface area contributed by atoms with Crippen LogP contribution >= 0.6 is 12.6 Å². The largest absolute Gasteiger partial charge is 0.335 e.